The van der Waals surface area contributed by atoms with Crippen molar-refractivity contribution in [2.45, 2.75) is 50.7 Å². The van der Waals surface area contributed by atoms with Gasteiger partial charge in [0.2, 0.25) is 11.8 Å². The molecule has 1 aromatic heterocycles. The quantitative estimate of drug-likeness (QED) is 0.280. The summed E-state index contributed by atoms with van der Waals surface area (Å²) >= 11 is 1.29. The minimum Gasteiger partial charge on any atom is -0.488 e. The maximum Gasteiger partial charge on any atom is 0.265 e. The number of ether oxygens (including phenoxy) is 1. The molecule has 252 valence electrons. The van der Waals surface area contributed by atoms with Gasteiger partial charge in [-0.05, 0) is 43.0 Å². The molecule has 0 radical (unpaired) electrons. The van der Waals surface area contributed by atoms with Crippen LogP contribution in [0.5, 0.6) is 5.75 Å². The summed E-state index contributed by atoms with van der Waals surface area (Å²) in [5.41, 5.74) is 3.95. The summed E-state index contributed by atoms with van der Waals surface area (Å²) in [6, 6.07) is 13.6. The topological polar surface area (TPSA) is 153 Å². The van der Waals surface area contributed by atoms with Gasteiger partial charge in [0.1, 0.15) is 23.3 Å². The predicted molar refractivity (Wildman–Crippen MR) is 178 cm³/mol. The molecular formula is C36H36N6O6S. The molecule has 1 N–H and O–H groups in total. The number of imide groups is 1. The summed E-state index contributed by atoms with van der Waals surface area (Å²) in [5, 5.41) is 11.7. The number of thiazole rings is 1. The van der Waals surface area contributed by atoms with Gasteiger partial charge in [0.05, 0.1) is 48.0 Å². The lowest BCUT2D eigenvalue weighted by Gasteiger charge is -2.43. The third-order valence-corrected chi connectivity index (χ3v) is 10.9. The van der Waals surface area contributed by atoms with Crippen molar-refractivity contribution >= 4 is 40.9 Å². The highest BCUT2D eigenvalue weighted by molar-refractivity contribution is 7.11. The third-order valence-electron chi connectivity index (χ3n) is 10.1. The van der Waals surface area contributed by atoms with Gasteiger partial charge in [-0.1, -0.05) is 37.1 Å². The van der Waals surface area contributed by atoms with Crippen LogP contribution in [0.3, 0.4) is 0 Å². The Morgan fingerprint density at radius 1 is 0.980 bits per heavy atom. The summed E-state index contributed by atoms with van der Waals surface area (Å²) in [5.74, 6) is -2.09. The monoisotopic (exact) mass is 680 g/mol. The number of hydrogen-bond donors (Lipinski definition) is 1. The van der Waals surface area contributed by atoms with E-state index in [4.69, 9.17) is 10.00 Å². The number of hydrogen-bond acceptors (Lipinski definition) is 9. The number of amides is 5. The first kappa shape index (κ1) is 32.5. The number of carbonyl (C=O) groups is 5. The number of likely N-dealkylation sites (tertiary alicyclic amines) is 1. The molecule has 1 saturated heterocycles. The number of carbonyl (C=O) groups excluding carboxylic acids is 5. The number of nitrogens with zero attached hydrogens (tertiary/aromatic N) is 5. The zero-order chi connectivity index (χ0) is 34.1. The van der Waals surface area contributed by atoms with E-state index in [0.29, 0.717) is 67.1 Å². The fraction of sp³-hybridized carbons (Fsp3) is 0.417. The van der Waals surface area contributed by atoms with Crippen LogP contribution >= 0.6 is 11.3 Å². The van der Waals surface area contributed by atoms with E-state index >= 15 is 0 Å². The average molecular weight is 681 g/mol. The molecule has 4 atom stereocenters. The van der Waals surface area contributed by atoms with Crippen LogP contribution in [-0.2, 0) is 16.0 Å². The Hall–Kier alpha value is -5.09. The molecular weight excluding hydrogens is 644 g/mol. The molecule has 7 rings (SSSR count). The first-order valence-corrected chi connectivity index (χ1v) is 17.6. The fourth-order valence-corrected chi connectivity index (χ4v) is 8.34. The summed E-state index contributed by atoms with van der Waals surface area (Å²) in [4.78, 5) is 77.3. The standard InChI is InChI=1S/C36H36N6O6S/c37-14-15-39-32(43)24-7-1-2-8-25(24)33(44)41-17-12-22-6-5-11-29(48-23-13-16-40(19-23)36(47)30-18-38-21-49-30)31(22)28(41)20-42-34(45)26-9-3-4-10-27(26)35(42)46/h3-6,9-11,18,21,23-25,28H,1-2,7-8,12-13,15-17,19-20H2,(H,39,43)/t23?,24-,25+,28+/m0/s1. The molecule has 49 heavy (non-hydrogen) atoms. The van der Waals surface area contributed by atoms with Crippen molar-refractivity contribution in [3.05, 3.63) is 81.3 Å². The zero-order valence-corrected chi connectivity index (χ0v) is 27.7. The second kappa shape index (κ2) is 13.8. The van der Waals surface area contributed by atoms with Crippen molar-refractivity contribution in [3.8, 4) is 11.8 Å². The molecule has 5 amide bonds. The van der Waals surface area contributed by atoms with E-state index < -0.39 is 29.7 Å². The highest BCUT2D eigenvalue weighted by atomic mass is 32.1. The Morgan fingerprint density at radius 3 is 2.45 bits per heavy atom. The van der Waals surface area contributed by atoms with Crippen LogP contribution in [0, 0.1) is 23.2 Å². The van der Waals surface area contributed by atoms with Gasteiger partial charge in [-0.3, -0.25) is 33.9 Å². The summed E-state index contributed by atoms with van der Waals surface area (Å²) in [6.07, 6.45) is 5.05. The SMILES string of the molecule is N#CCNC(=O)[C@H]1CCCC[C@H]1C(=O)N1CCc2cccc(OC3CCN(C(=O)c4cncs4)C3)c2[C@H]1CN1C(=O)c2ccccc2C1=O. The van der Waals surface area contributed by atoms with E-state index in [1.165, 1.54) is 16.2 Å². The van der Waals surface area contributed by atoms with Crippen LogP contribution in [0.1, 0.15) is 79.7 Å². The smallest absolute Gasteiger partial charge is 0.265 e. The Morgan fingerprint density at radius 2 is 1.73 bits per heavy atom. The van der Waals surface area contributed by atoms with Gasteiger partial charge < -0.3 is 19.9 Å². The van der Waals surface area contributed by atoms with Crippen LogP contribution in [0.4, 0.5) is 0 Å². The van der Waals surface area contributed by atoms with Crippen LogP contribution in [0.25, 0.3) is 0 Å². The van der Waals surface area contributed by atoms with Gasteiger partial charge in [-0.2, -0.15) is 5.26 Å². The van der Waals surface area contributed by atoms with Crippen LogP contribution in [0.2, 0.25) is 0 Å². The Labute approximate surface area is 287 Å². The molecule has 1 unspecified atom stereocenters. The largest absolute Gasteiger partial charge is 0.488 e. The number of rotatable bonds is 8. The van der Waals surface area contributed by atoms with E-state index in [1.807, 2.05) is 24.3 Å². The van der Waals surface area contributed by atoms with Gasteiger partial charge >= 0.3 is 0 Å². The number of benzene rings is 2. The van der Waals surface area contributed by atoms with Gasteiger partial charge in [0, 0.05) is 36.9 Å². The van der Waals surface area contributed by atoms with E-state index in [1.54, 1.807) is 45.8 Å². The number of nitrogens with one attached hydrogen (secondary N) is 1. The molecule has 13 heteroatoms. The Balaban J connectivity index is 1.21. The maximum atomic E-state index is 14.6. The van der Waals surface area contributed by atoms with E-state index in [-0.39, 0.29) is 36.9 Å². The molecule has 0 spiro atoms. The molecule has 2 fully saturated rings. The molecule has 3 aliphatic heterocycles. The summed E-state index contributed by atoms with van der Waals surface area (Å²) in [6.45, 7) is 1.03. The highest BCUT2D eigenvalue weighted by Crippen LogP contribution is 2.42. The lowest BCUT2D eigenvalue weighted by atomic mass is 9.77. The van der Waals surface area contributed by atoms with Crippen molar-refractivity contribution < 1.29 is 28.7 Å². The van der Waals surface area contributed by atoms with Crippen molar-refractivity contribution in [2.75, 3.05) is 32.7 Å². The third kappa shape index (κ3) is 6.17. The molecule has 1 aliphatic carbocycles. The lowest BCUT2D eigenvalue weighted by Crippen LogP contribution is -2.51. The average Bonchev–Trinajstić information content (AvgIpc) is 3.89. The van der Waals surface area contributed by atoms with E-state index in [0.717, 1.165) is 24.0 Å². The Kier molecular flexibility index (Phi) is 9.14. The highest BCUT2D eigenvalue weighted by Gasteiger charge is 2.45. The molecule has 0 bridgehead atoms. The van der Waals surface area contributed by atoms with E-state index in [9.17, 15) is 24.0 Å². The van der Waals surface area contributed by atoms with Crippen molar-refractivity contribution in [2.24, 2.45) is 11.8 Å². The van der Waals surface area contributed by atoms with Crippen molar-refractivity contribution in [3.63, 3.8) is 0 Å². The van der Waals surface area contributed by atoms with Crippen LogP contribution in [-0.4, -0.2) is 88.0 Å². The normalized spacial score (nSPS) is 23.1. The van der Waals surface area contributed by atoms with Gasteiger partial charge in [0.25, 0.3) is 17.7 Å². The van der Waals surface area contributed by atoms with Crippen LogP contribution < -0.4 is 10.1 Å². The van der Waals surface area contributed by atoms with Crippen LogP contribution in [0.15, 0.2) is 54.2 Å². The minimum absolute atomic E-state index is 0.0792. The second-order valence-corrected chi connectivity index (χ2v) is 13.8. The Bertz CT molecular complexity index is 1800. The molecule has 4 heterocycles. The van der Waals surface area contributed by atoms with Crippen molar-refractivity contribution in [1.29, 1.82) is 5.26 Å². The molecule has 4 aliphatic rings. The molecule has 1 saturated carbocycles. The zero-order valence-electron chi connectivity index (χ0n) is 26.9. The molecule has 12 nitrogen and oxygen atoms in total. The summed E-state index contributed by atoms with van der Waals surface area (Å²) in [7, 11) is 0. The predicted octanol–water partition coefficient (Wildman–Crippen LogP) is 3.60. The fourth-order valence-electron chi connectivity index (χ4n) is 7.75. The number of aromatic nitrogens is 1. The summed E-state index contributed by atoms with van der Waals surface area (Å²) < 4.78 is 6.63. The minimum atomic E-state index is -0.726. The maximum absolute atomic E-state index is 14.6. The van der Waals surface area contributed by atoms with Gasteiger partial charge in [-0.15, -0.1) is 11.3 Å². The first-order chi connectivity index (χ1) is 23.9. The second-order valence-electron chi connectivity index (χ2n) is 12.9. The first-order valence-electron chi connectivity index (χ1n) is 16.7. The number of nitriles is 1. The lowest BCUT2D eigenvalue weighted by molar-refractivity contribution is -0.146. The van der Waals surface area contributed by atoms with Crippen molar-refractivity contribution in [1.82, 2.24) is 25.0 Å². The van der Waals surface area contributed by atoms with Gasteiger partial charge in [0.15, 0.2) is 0 Å². The molecule has 2 aromatic carbocycles. The molecule has 3 aromatic rings. The van der Waals surface area contributed by atoms with Gasteiger partial charge in [-0.25, -0.2) is 0 Å². The van der Waals surface area contributed by atoms with E-state index in [2.05, 4.69) is 10.3 Å². The number of fused-ring (bicyclic) bond motifs is 2.